The minimum atomic E-state index is -0.561. The Morgan fingerprint density at radius 1 is 0.717 bits per heavy atom. The van der Waals surface area contributed by atoms with Crippen molar-refractivity contribution in [1.82, 2.24) is 5.32 Å². The monoisotopic (exact) mass is 645 g/mol. The van der Waals surface area contributed by atoms with Gasteiger partial charge in [-0.15, -0.1) is 11.8 Å². The summed E-state index contributed by atoms with van der Waals surface area (Å²) in [5, 5.41) is 8.72. The molecule has 0 heterocycles. The van der Waals surface area contributed by atoms with Gasteiger partial charge in [-0.25, -0.2) is 0 Å². The van der Waals surface area contributed by atoms with Crippen molar-refractivity contribution < 1.29 is 14.4 Å². The van der Waals surface area contributed by atoms with Crippen molar-refractivity contribution in [3.8, 4) is 0 Å². The molecule has 5 aromatic carbocycles. The first kappa shape index (κ1) is 32.3. The third kappa shape index (κ3) is 8.53. The second-order valence-electron chi connectivity index (χ2n) is 10.6. The number of rotatable bonds is 10. The Kier molecular flexibility index (Phi) is 10.7. The van der Waals surface area contributed by atoms with Gasteiger partial charge in [0, 0.05) is 26.9 Å². The Hall–Kier alpha value is -5.11. The molecule has 5 aromatic rings. The summed E-state index contributed by atoms with van der Waals surface area (Å²) in [5.41, 5.74) is 5.22. The molecule has 0 radical (unpaired) electrons. The molecule has 0 fully saturated rings. The maximum Gasteiger partial charge on any atom is 0.272 e. The lowest BCUT2D eigenvalue weighted by molar-refractivity contribution is -0.116. The Balaban J connectivity index is 1.39. The topological polar surface area (TPSA) is 87.3 Å². The number of para-hydroxylation sites is 1. The normalized spacial score (nSPS) is 11.8. The second kappa shape index (κ2) is 15.3. The number of carbonyl (C=O) groups is 3. The van der Waals surface area contributed by atoms with E-state index in [4.69, 9.17) is 11.6 Å². The van der Waals surface area contributed by atoms with Crippen LogP contribution in [0.2, 0.25) is 5.02 Å². The zero-order chi connectivity index (χ0) is 32.5. The molecule has 46 heavy (non-hydrogen) atoms. The van der Waals surface area contributed by atoms with Crippen LogP contribution < -0.4 is 16.0 Å². The van der Waals surface area contributed by atoms with E-state index >= 15 is 0 Å². The number of benzene rings is 5. The third-order valence-corrected chi connectivity index (χ3v) is 8.59. The Bertz CT molecular complexity index is 1870. The summed E-state index contributed by atoms with van der Waals surface area (Å²) in [6.45, 7) is 3.94. The number of hydrogen-bond acceptors (Lipinski definition) is 4. The molecular weight excluding hydrogens is 614 g/mol. The smallest absolute Gasteiger partial charge is 0.272 e. The zero-order valence-electron chi connectivity index (χ0n) is 25.3. The highest BCUT2D eigenvalue weighted by Gasteiger charge is 2.24. The van der Waals surface area contributed by atoms with Gasteiger partial charge in [0.2, 0.25) is 5.91 Å². The molecule has 1 atom stereocenters. The molecule has 0 bridgehead atoms. The van der Waals surface area contributed by atoms with Crippen LogP contribution in [0.4, 0.5) is 11.4 Å². The largest absolute Gasteiger partial charge is 0.324 e. The number of aryl methyl sites for hydroxylation is 2. The molecule has 3 amide bonds. The first-order chi connectivity index (χ1) is 22.3. The van der Waals surface area contributed by atoms with E-state index in [1.165, 1.54) is 11.8 Å². The molecule has 6 nitrogen and oxygen atoms in total. The van der Waals surface area contributed by atoms with Crippen LogP contribution in [0.1, 0.15) is 37.9 Å². The predicted octanol–water partition coefficient (Wildman–Crippen LogP) is 8.84. The van der Waals surface area contributed by atoms with Gasteiger partial charge in [-0.1, -0.05) is 96.5 Å². The van der Waals surface area contributed by atoms with Crippen molar-refractivity contribution >= 4 is 58.5 Å². The van der Waals surface area contributed by atoms with Crippen molar-refractivity contribution in [2.75, 3.05) is 10.6 Å². The molecule has 5 rings (SSSR count). The van der Waals surface area contributed by atoms with E-state index in [0.29, 0.717) is 21.8 Å². The summed E-state index contributed by atoms with van der Waals surface area (Å²) in [6, 6.07) is 38.4. The number of amides is 3. The van der Waals surface area contributed by atoms with E-state index in [1.54, 1.807) is 66.7 Å². The fraction of sp³-hybridized carbons (Fsp3) is 0.0789. The molecule has 3 N–H and O–H groups in total. The van der Waals surface area contributed by atoms with Gasteiger partial charge in [-0.2, -0.15) is 0 Å². The first-order valence-electron chi connectivity index (χ1n) is 14.6. The zero-order valence-corrected chi connectivity index (χ0v) is 26.9. The van der Waals surface area contributed by atoms with Crippen LogP contribution >= 0.6 is 23.4 Å². The van der Waals surface area contributed by atoms with Gasteiger partial charge < -0.3 is 16.0 Å². The van der Waals surface area contributed by atoms with Gasteiger partial charge >= 0.3 is 0 Å². The number of anilines is 2. The Morgan fingerprint density at radius 2 is 1.37 bits per heavy atom. The minimum absolute atomic E-state index is 0.0457. The molecule has 0 aliphatic rings. The molecular formula is C38H32ClN3O3S. The van der Waals surface area contributed by atoms with Gasteiger partial charge in [0.15, 0.2) is 0 Å². The molecule has 0 saturated carbocycles. The number of hydrogen-bond donors (Lipinski definition) is 3. The van der Waals surface area contributed by atoms with Gasteiger partial charge in [0.05, 0.1) is 0 Å². The minimum Gasteiger partial charge on any atom is -0.324 e. The van der Waals surface area contributed by atoms with Crippen LogP contribution in [-0.4, -0.2) is 17.7 Å². The number of halogens is 1. The van der Waals surface area contributed by atoms with Gasteiger partial charge in [0.25, 0.3) is 11.8 Å². The lowest BCUT2D eigenvalue weighted by Gasteiger charge is -2.19. The first-order valence-corrected chi connectivity index (χ1v) is 15.9. The fourth-order valence-electron chi connectivity index (χ4n) is 4.79. The number of thioether (sulfide) groups is 1. The Morgan fingerprint density at radius 3 is 2.07 bits per heavy atom. The van der Waals surface area contributed by atoms with Crippen LogP contribution in [0.15, 0.2) is 138 Å². The van der Waals surface area contributed by atoms with Crippen LogP contribution in [-0.2, 0) is 9.59 Å². The standard InChI is InChI=1S/C38H32ClN3O3S/c1-25-12-9-13-26(2)34(25)42-38(45)35(28-15-5-3-6-16-28)46-32-21-11-20-31(24-32)40-37(44)33(23-27-14-10-19-30(39)22-27)41-36(43)29-17-7-4-8-18-29/h3-24,35H,1-2H3,(H,40,44)(H,41,43)(H,42,45)/b33-23-. The van der Waals surface area contributed by atoms with Crippen molar-refractivity contribution in [2.45, 2.75) is 24.0 Å². The van der Waals surface area contributed by atoms with E-state index in [9.17, 15) is 14.4 Å². The van der Waals surface area contributed by atoms with Crippen LogP contribution in [0, 0.1) is 13.8 Å². The summed E-state index contributed by atoms with van der Waals surface area (Å²) in [5.74, 6) is -1.09. The average molecular weight is 646 g/mol. The van der Waals surface area contributed by atoms with Crippen molar-refractivity contribution in [3.63, 3.8) is 0 Å². The lowest BCUT2D eigenvalue weighted by atomic mass is 10.1. The van der Waals surface area contributed by atoms with E-state index in [0.717, 1.165) is 27.3 Å². The Labute approximate surface area is 277 Å². The summed E-state index contributed by atoms with van der Waals surface area (Å²) < 4.78 is 0. The van der Waals surface area contributed by atoms with Gasteiger partial charge in [-0.05, 0) is 84.6 Å². The lowest BCUT2D eigenvalue weighted by Crippen LogP contribution is -2.30. The molecule has 0 spiro atoms. The molecule has 0 aliphatic heterocycles. The molecule has 0 aliphatic carbocycles. The third-order valence-electron chi connectivity index (χ3n) is 7.10. The summed E-state index contributed by atoms with van der Waals surface area (Å²) in [6.07, 6.45) is 1.57. The summed E-state index contributed by atoms with van der Waals surface area (Å²) in [4.78, 5) is 41.1. The van der Waals surface area contributed by atoms with Crippen molar-refractivity contribution in [2.24, 2.45) is 0 Å². The van der Waals surface area contributed by atoms with Crippen LogP contribution in [0.25, 0.3) is 6.08 Å². The highest BCUT2D eigenvalue weighted by Crippen LogP contribution is 2.37. The van der Waals surface area contributed by atoms with Gasteiger partial charge in [0.1, 0.15) is 10.9 Å². The maximum absolute atomic E-state index is 13.7. The predicted molar refractivity (Wildman–Crippen MR) is 188 cm³/mol. The second-order valence-corrected chi connectivity index (χ2v) is 12.2. The summed E-state index contributed by atoms with van der Waals surface area (Å²) in [7, 11) is 0. The van der Waals surface area contributed by atoms with Crippen molar-refractivity contribution in [3.05, 3.63) is 166 Å². The van der Waals surface area contributed by atoms with Crippen LogP contribution in [0.3, 0.4) is 0 Å². The van der Waals surface area contributed by atoms with E-state index in [1.807, 2.05) is 80.6 Å². The van der Waals surface area contributed by atoms with E-state index in [2.05, 4.69) is 16.0 Å². The number of nitrogens with one attached hydrogen (secondary N) is 3. The molecule has 1 unspecified atom stereocenters. The van der Waals surface area contributed by atoms with Gasteiger partial charge in [-0.3, -0.25) is 14.4 Å². The molecule has 0 aromatic heterocycles. The quantitative estimate of drug-likeness (QED) is 0.105. The van der Waals surface area contributed by atoms with E-state index < -0.39 is 17.1 Å². The maximum atomic E-state index is 13.7. The SMILES string of the molecule is Cc1cccc(C)c1NC(=O)C(Sc1cccc(NC(=O)/C(=C/c2cccc(Cl)c2)NC(=O)c2ccccc2)c1)c1ccccc1. The molecule has 0 saturated heterocycles. The summed E-state index contributed by atoms with van der Waals surface area (Å²) >= 11 is 7.56. The average Bonchev–Trinajstić information content (AvgIpc) is 3.06. The molecule has 230 valence electrons. The van der Waals surface area contributed by atoms with Crippen molar-refractivity contribution in [1.29, 1.82) is 0 Å². The van der Waals surface area contributed by atoms with E-state index in [-0.39, 0.29) is 11.6 Å². The van der Waals surface area contributed by atoms with Crippen LogP contribution in [0.5, 0.6) is 0 Å². The molecule has 8 heteroatoms. The highest BCUT2D eigenvalue weighted by molar-refractivity contribution is 8.00. The highest BCUT2D eigenvalue weighted by atomic mass is 35.5. The number of carbonyl (C=O) groups excluding carboxylic acids is 3. The fourth-order valence-corrected chi connectivity index (χ4v) is 6.07.